The third-order valence-corrected chi connectivity index (χ3v) is 3.30. The molecule has 0 aromatic heterocycles. The minimum Gasteiger partial charge on any atom is -0.399 e. The molecule has 4 heteroatoms. The Kier molecular flexibility index (Phi) is 6.46. The topological polar surface area (TPSA) is 55.1 Å². The molecular formula is C14H21IN2O. The predicted molar refractivity (Wildman–Crippen MR) is 84.6 cm³/mol. The second kappa shape index (κ2) is 7.61. The lowest BCUT2D eigenvalue weighted by atomic mass is 10.1. The molecule has 3 nitrogen and oxygen atoms in total. The van der Waals surface area contributed by atoms with E-state index >= 15 is 0 Å². The normalized spacial score (nSPS) is 10.7. The van der Waals surface area contributed by atoms with E-state index in [1.165, 1.54) is 6.42 Å². The van der Waals surface area contributed by atoms with E-state index in [1.54, 1.807) is 6.07 Å². The quantitative estimate of drug-likeness (QED) is 0.464. The van der Waals surface area contributed by atoms with E-state index in [9.17, 15) is 4.79 Å². The summed E-state index contributed by atoms with van der Waals surface area (Å²) in [6.07, 6.45) is 3.40. The van der Waals surface area contributed by atoms with E-state index in [0.29, 0.717) is 11.3 Å². The number of nitrogens with two attached hydrogens (primary N) is 1. The van der Waals surface area contributed by atoms with E-state index in [0.717, 1.165) is 28.9 Å². The van der Waals surface area contributed by atoms with Crippen molar-refractivity contribution in [1.82, 2.24) is 5.32 Å². The number of nitrogen functional groups attached to an aromatic ring is 1. The average Bonchev–Trinajstić information content (AvgIpc) is 2.26. The van der Waals surface area contributed by atoms with Crippen molar-refractivity contribution in [3.63, 3.8) is 0 Å². The van der Waals surface area contributed by atoms with Crippen molar-refractivity contribution >= 4 is 34.2 Å². The van der Waals surface area contributed by atoms with E-state index in [1.807, 2.05) is 12.1 Å². The first kappa shape index (κ1) is 15.3. The summed E-state index contributed by atoms with van der Waals surface area (Å²) < 4.78 is 0.984. The Morgan fingerprint density at radius 3 is 2.67 bits per heavy atom. The van der Waals surface area contributed by atoms with Crippen LogP contribution in [0.5, 0.6) is 0 Å². The number of rotatable bonds is 6. The first-order chi connectivity index (χ1) is 8.49. The van der Waals surface area contributed by atoms with Gasteiger partial charge in [0.25, 0.3) is 5.91 Å². The van der Waals surface area contributed by atoms with Gasteiger partial charge in [-0.1, -0.05) is 26.7 Å². The van der Waals surface area contributed by atoms with E-state index < -0.39 is 0 Å². The number of anilines is 1. The number of carbonyl (C=O) groups excluding carboxylic acids is 1. The van der Waals surface area contributed by atoms with Crippen LogP contribution in [0.1, 0.15) is 43.5 Å². The molecule has 1 amide bonds. The second-order valence-electron chi connectivity index (χ2n) is 4.92. The van der Waals surface area contributed by atoms with Crippen LogP contribution in [0.4, 0.5) is 5.69 Å². The highest BCUT2D eigenvalue weighted by Crippen LogP contribution is 2.14. The summed E-state index contributed by atoms with van der Waals surface area (Å²) in [7, 11) is 0. The highest BCUT2D eigenvalue weighted by molar-refractivity contribution is 14.1. The third kappa shape index (κ3) is 5.71. The van der Waals surface area contributed by atoms with Gasteiger partial charge in [0.05, 0.1) is 0 Å². The first-order valence-corrected chi connectivity index (χ1v) is 7.41. The zero-order valence-electron chi connectivity index (χ0n) is 11.0. The van der Waals surface area contributed by atoms with Crippen molar-refractivity contribution in [1.29, 1.82) is 0 Å². The molecule has 0 aliphatic heterocycles. The van der Waals surface area contributed by atoms with Crippen molar-refractivity contribution in [2.24, 2.45) is 5.92 Å². The Hall–Kier alpha value is -0.780. The Bertz CT molecular complexity index is 385. The largest absolute Gasteiger partial charge is 0.399 e. The maximum atomic E-state index is 11.9. The summed E-state index contributed by atoms with van der Waals surface area (Å²) >= 11 is 2.16. The Morgan fingerprint density at radius 1 is 1.33 bits per heavy atom. The third-order valence-electron chi connectivity index (χ3n) is 2.68. The lowest BCUT2D eigenvalue weighted by Crippen LogP contribution is -2.24. The molecule has 18 heavy (non-hydrogen) atoms. The fourth-order valence-corrected chi connectivity index (χ4v) is 2.42. The van der Waals surface area contributed by atoms with Crippen LogP contribution in [0.3, 0.4) is 0 Å². The summed E-state index contributed by atoms with van der Waals surface area (Å²) in [5, 5.41) is 2.93. The Labute approximate surface area is 123 Å². The van der Waals surface area contributed by atoms with Gasteiger partial charge in [0.15, 0.2) is 0 Å². The summed E-state index contributed by atoms with van der Waals surface area (Å²) in [6.45, 7) is 5.16. The molecule has 0 fully saturated rings. The minimum atomic E-state index is -0.0373. The highest BCUT2D eigenvalue weighted by Gasteiger charge is 2.06. The van der Waals surface area contributed by atoms with Crippen LogP contribution in [0.15, 0.2) is 18.2 Å². The molecule has 0 saturated carbocycles. The molecule has 0 aliphatic rings. The molecule has 0 bridgehead atoms. The average molecular weight is 360 g/mol. The molecule has 1 aromatic rings. The fourth-order valence-electron chi connectivity index (χ4n) is 1.72. The van der Waals surface area contributed by atoms with E-state index in [2.05, 4.69) is 41.8 Å². The molecular weight excluding hydrogens is 339 g/mol. The van der Waals surface area contributed by atoms with Crippen molar-refractivity contribution in [3.8, 4) is 0 Å². The van der Waals surface area contributed by atoms with E-state index in [-0.39, 0.29) is 5.91 Å². The molecule has 0 unspecified atom stereocenters. The SMILES string of the molecule is CC(C)CCCCNC(=O)c1cc(N)cc(I)c1. The van der Waals surface area contributed by atoms with Crippen LogP contribution in [-0.4, -0.2) is 12.5 Å². The van der Waals surface area contributed by atoms with Crippen LogP contribution in [0.2, 0.25) is 0 Å². The number of halogens is 1. The number of hydrogen-bond acceptors (Lipinski definition) is 2. The van der Waals surface area contributed by atoms with Gasteiger partial charge in [0, 0.05) is 21.4 Å². The van der Waals surface area contributed by atoms with Gasteiger partial charge in [0.2, 0.25) is 0 Å². The molecule has 100 valence electrons. The van der Waals surface area contributed by atoms with Crippen molar-refractivity contribution in [2.45, 2.75) is 33.1 Å². The number of hydrogen-bond donors (Lipinski definition) is 2. The van der Waals surface area contributed by atoms with Crippen molar-refractivity contribution < 1.29 is 4.79 Å². The number of nitrogens with one attached hydrogen (secondary N) is 1. The molecule has 0 aliphatic carbocycles. The van der Waals surface area contributed by atoms with Crippen molar-refractivity contribution in [3.05, 3.63) is 27.3 Å². The Morgan fingerprint density at radius 2 is 2.06 bits per heavy atom. The summed E-state index contributed by atoms with van der Waals surface area (Å²) in [5.74, 6) is 0.695. The van der Waals surface area contributed by atoms with Crippen LogP contribution in [-0.2, 0) is 0 Å². The van der Waals surface area contributed by atoms with Gasteiger partial charge >= 0.3 is 0 Å². The predicted octanol–water partition coefficient (Wildman–Crippen LogP) is 3.43. The Balaban J connectivity index is 2.36. The summed E-state index contributed by atoms with van der Waals surface area (Å²) in [4.78, 5) is 11.9. The number of unbranched alkanes of at least 4 members (excludes halogenated alkanes) is 1. The molecule has 1 aromatic carbocycles. The van der Waals surface area contributed by atoms with Gasteiger partial charge in [-0.15, -0.1) is 0 Å². The second-order valence-corrected chi connectivity index (χ2v) is 6.16. The van der Waals surface area contributed by atoms with Crippen LogP contribution >= 0.6 is 22.6 Å². The van der Waals surface area contributed by atoms with Gasteiger partial charge in [-0.2, -0.15) is 0 Å². The van der Waals surface area contributed by atoms with Gasteiger partial charge in [-0.05, 0) is 53.1 Å². The molecule has 3 N–H and O–H groups in total. The zero-order valence-corrected chi connectivity index (χ0v) is 13.2. The minimum absolute atomic E-state index is 0.0373. The van der Waals surface area contributed by atoms with Gasteiger partial charge in [-0.25, -0.2) is 0 Å². The lowest BCUT2D eigenvalue weighted by Gasteiger charge is -2.07. The monoisotopic (exact) mass is 360 g/mol. The van der Waals surface area contributed by atoms with Gasteiger partial charge < -0.3 is 11.1 Å². The van der Waals surface area contributed by atoms with Crippen molar-refractivity contribution in [2.75, 3.05) is 12.3 Å². The van der Waals surface area contributed by atoms with Gasteiger partial charge in [-0.3, -0.25) is 4.79 Å². The summed E-state index contributed by atoms with van der Waals surface area (Å²) in [6, 6.07) is 5.41. The molecule has 1 rings (SSSR count). The number of carbonyl (C=O) groups is 1. The highest BCUT2D eigenvalue weighted by atomic mass is 127. The molecule has 0 saturated heterocycles. The van der Waals surface area contributed by atoms with Crippen LogP contribution in [0, 0.1) is 9.49 Å². The fraction of sp³-hybridized carbons (Fsp3) is 0.500. The molecule has 0 atom stereocenters. The van der Waals surface area contributed by atoms with Gasteiger partial charge in [0.1, 0.15) is 0 Å². The zero-order chi connectivity index (χ0) is 13.5. The van der Waals surface area contributed by atoms with Crippen LogP contribution in [0.25, 0.3) is 0 Å². The van der Waals surface area contributed by atoms with Crippen LogP contribution < -0.4 is 11.1 Å². The maximum Gasteiger partial charge on any atom is 0.251 e. The lowest BCUT2D eigenvalue weighted by molar-refractivity contribution is 0.0953. The number of benzene rings is 1. The maximum absolute atomic E-state index is 11.9. The number of amides is 1. The first-order valence-electron chi connectivity index (χ1n) is 6.33. The molecule has 0 radical (unpaired) electrons. The summed E-state index contributed by atoms with van der Waals surface area (Å²) in [5.41, 5.74) is 7.00. The standard InChI is InChI=1S/C14H21IN2O/c1-10(2)5-3-4-6-17-14(18)11-7-12(15)9-13(16)8-11/h7-10H,3-6,16H2,1-2H3,(H,17,18). The molecule has 0 heterocycles. The smallest absolute Gasteiger partial charge is 0.251 e. The molecule has 0 spiro atoms. The van der Waals surface area contributed by atoms with E-state index in [4.69, 9.17) is 5.73 Å².